The van der Waals surface area contributed by atoms with E-state index < -0.39 is 0 Å². The van der Waals surface area contributed by atoms with Crippen LogP contribution in [0.2, 0.25) is 0 Å². The van der Waals surface area contributed by atoms with Gasteiger partial charge in [0.2, 0.25) is 5.91 Å². The summed E-state index contributed by atoms with van der Waals surface area (Å²) in [5, 5.41) is 2.92. The van der Waals surface area contributed by atoms with E-state index in [1.807, 2.05) is 31.2 Å². The summed E-state index contributed by atoms with van der Waals surface area (Å²) < 4.78 is 5.38. The third-order valence-corrected chi connectivity index (χ3v) is 3.95. The fourth-order valence-electron chi connectivity index (χ4n) is 2.63. The zero-order valence-corrected chi connectivity index (χ0v) is 12.9. The second-order valence-electron chi connectivity index (χ2n) is 5.98. The van der Waals surface area contributed by atoms with E-state index in [1.54, 1.807) is 0 Å². The van der Waals surface area contributed by atoms with Gasteiger partial charge in [-0.2, -0.15) is 0 Å². The van der Waals surface area contributed by atoms with Crippen LogP contribution < -0.4 is 15.8 Å². The second kappa shape index (κ2) is 6.91. The average Bonchev–Trinajstić information content (AvgIpc) is 2.83. The molecule has 1 heterocycles. The highest BCUT2D eigenvalue weighted by Crippen LogP contribution is 2.28. The van der Waals surface area contributed by atoms with E-state index in [2.05, 4.69) is 17.1 Å². The molecule has 1 amide bonds. The van der Waals surface area contributed by atoms with E-state index in [0.29, 0.717) is 19.7 Å². The number of carbonyl (C=O) groups is 1. The predicted octanol–water partition coefficient (Wildman–Crippen LogP) is 1.69. The molecule has 2 rings (SSSR count). The Kier molecular flexibility index (Phi) is 5.20. The smallest absolute Gasteiger partial charge is 0.238 e. The van der Waals surface area contributed by atoms with Gasteiger partial charge in [0.15, 0.2) is 0 Å². The topological polar surface area (TPSA) is 67.6 Å². The first-order valence-corrected chi connectivity index (χ1v) is 7.50. The molecule has 1 atom stereocenters. The standard InChI is InChI=1S/C16H25N3O2/c1-3-21-14-6-4-13(5-7-14)18-15(20)10-19-9-8-16(2,11-17)12-19/h4-7H,3,8-12,17H2,1-2H3,(H,18,20). The van der Waals surface area contributed by atoms with Crippen molar-refractivity contribution in [2.45, 2.75) is 20.3 Å². The molecule has 0 aliphatic carbocycles. The summed E-state index contributed by atoms with van der Waals surface area (Å²) in [4.78, 5) is 14.2. The van der Waals surface area contributed by atoms with Crippen LogP contribution >= 0.6 is 0 Å². The predicted molar refractivity (Wildman–Crippen MR) is 84.5 cm³/mol. The van der Waals surface area contributed by atoms with Crippen molar-refractivity contribution in [1.82, 2.24) is 4.90 Å². The Morgan fingerprint density at radius 1 is 1.43 bits per heavy atom. The molecule has 1 fully saturated rings. The lowest BCUT2D eigenvalue weighted by Crippen LogP contribution is -2.35. The van der Waals surface area contributed by atoms with Gasteiger partial charge in [-0.25, -0.2) is 0 Å². The minimum Gasteiger partial charge on any atom is -0.494 e. The van der Waals surface area contributed by atoms with Crippen molar-refractivity contribution in [2.24, 2.45) is 11.1 Å². The van der Waals surface area contributed by atoms with Crippen molar-refractivity contribution in [1.29, 1.82) is 0 Å². The molecule has 1 aliphatic heterocycles. The van der Waals surface area contributed by atoms with Gasteiger partial charge in [0.25, 0.3) is 0 Å². The van der Waals surface area contributed by atoms with Crippen LogP contribution in [0.3, 0.4) is 0 Å². The van der Waals surface area contributed by atoms with Crippen LogP contribution in [0.5, 0.6) is 5.75 Å². The number of hydrogen-bond acceptors (Lipinski definition) is 4. The largest absolute Gasteiger partial charge is 0.494 e. The van der Waals surface area contributed by atoms with Gasteiger partial charge in [0.1, 0.15) is 5.75 Å². The fourth-order valence-corrected chi connectivity index (χ4v) is 2.63. The van der Waals surface area contributed by atoms with Crippen LogP contribution in [0.1, 0.15) is 20.3 Å². The van der Waals surface area contributed by atoms with Gasteiger partial charge < -0.3 is 15.8 Å². The highest BCUT2D eigenvalue weighted by molar-refractivity contribution is 5.92. The van der Waals surface area contributed by atoms with E-state index in [1.165, 1.54) is 0 Å². The lowest BCUT2D eigenvalue weighted by Gasteiger charge is -2.22. The molecule has 0 aromatic heterocycles. The number of benzene rings is 1. The number of rotatable bonds is 6. The SMILES string of the molecule is CCOc1ccc(NC(=O)CN2CCC(C)(CN)C2)cc1. The molecule has 0 spiro atoms. The van der Waals surface area contributed by atoms with Crippen LogP contribution in [0.25, 0.3) is 0 Å². The van der Waals surface area contributed by atoms with Crippen LogP contribution in [0.15, 0.2) is 24.3 Å². The molecule has 3 N–H and O–H groups in total. The number of nitrogens with two attached hydrogens (primary N) is 1. The number of anilines is 1. The summed E-state index contributed by atoms with van der Waals surface area (Å²) in [6, 6.07) is 7.44. The Morgan fingerprint density at radius 3 is 2.71 bits per heavy atom. The van der Waals surface area contributed by atoms with Gasteiger partial charge in [-0.1, -0.05) is 6.92 Å². The molecule has 0 bridgehead atoms. The number of amides is 1. The highest BCUT2D eigenvalue weighted by atomic mass is 16.5. The van der Waals surface area contributed by atoms with E-state index in [4.69, 9.17) is 10.5 Å². The van der Waals surface area contributed by atoms with Gasteiger partial charge in [-0.05, 0) is 56.1 Å². The van der Waals surface area contributed by atoms with Crippen LogP contribution in [-0.4, -0.2) is 43.6 Å². The number of nitrogens with zero attached hydrogens (tertiary/aromatic N) is 1. The Morgan fingerprint density at radius 2 is 2.14 bits per heavy atom. The van der Waals surface area contributed by atoms with Crippen LogP contribution in [0.4, 0.5) is 5.69 Å². The zero-order chi connectivity index (χ0) is 15.3. The number of hydrogen-bond donors (Lipinski definition) is 2. The normalized spacial score (nSPS) is 22.2. The summed E-state index contributed by atoms with van der Waals surface area (Å²) in [6.07, 6.45) is 1.06. The first-order valence-electron chi connectivity index (χ1n) is 7.50. The zero-order valence-electron chi connectivity index (χ0n) is 12.9. The van der Waals surface area contributed by atoms with Crippen molar-refractivity contribution < 1.29 is 9.53 Å². The molecule has 116 valence electrons. The summed E-state index contributed by atoms with van der Waals surface area (Å²) in [7, 11) is 0. The molecule has 5 heteroatoms. The maximum Gasteiger partial charge on any atom is 0.238 e. The first-order chi connectivity index (χ1) is 10.0. The number of ether oxygens (including phenoxy) is 1. The van der Waals surface area contributed by atoms with Gasteiger partial charge in [0, 0.05) is 12.2 Å². The molecular weight excluding hydrogens is 266 g/mol. The summed E-state index contributed by atoms with van der Waals surface area (Å²) in [5.74, 6) is 0.828. The van der Waals surface area contributed by atoms with E-state index >= 15 is 0 Å². The van der Waals surface area contributed by atoms with E-state index in [0.717, 1.165) is 30.9 Å². The van der Waals surface area contributed by atoms with Crippen LogP contribution in [0, 0.1) is 5.41 Å². The first kappa shape index (κ1) is 15.8. The lowest BCUT2D eigenvalue weighted by molar-refractivity contribution is -0.117. The number of nitrogens with one attached hydrogen (secondary N) is 1. The third kappa shape index (κ3) is 4.44. The maximum atomic E-state index is 12.1. The molecule has 1 aromatic rings. The van der Waals surface area contributed by atoms with Crippen molar-refractivity contribution in [3.05, 3.63) is 24.3 Å². The van der Waals surface area contributed by atoms with E-state index in [9.17, 15) is 4.79 Å². The Balaban J connectivity index is 1.82. The Hall–Kier alpha value is -1.59. The highest BCUT2D eigenvalue weighted by Gasteiger charge is 2.32. The minimum atomic E-state index is 0.0143. The number of carbonyl (C=O) groups excluding carboxylic acids is 1. The summed E-state index contributed by atoms with van der Waals surface area (Å²) in [5.41, 5.74) is 6.73. The number of likely N-dealkylation sites (tertiary alicyclic amines) is 1. The second-order valence-corrected chi connectivity index (χ2v) is 5.98. The van der Waals surface area contributed by atoms with Gasteiger partial charge in [-0.15, -0.1) is 0 Å². The molecular formula is C16H25N3O2. The molecule has 21 heavy (non-hydrogen) atoms. The van der Waals surface area contributed by atoms with Crippen molar-refractivity contribution >= 4 is 11.6 Å². The van der Waals surface area contributed by atoms with Crippen molar-refractivity contribution in [3.8, 4) is 5.75 Å². The maximum absolute atomic E-state index is 12.1. The molecule has 5 nitrogen and oxygen atoms in total. The van der Waals surface area contributed by atoms with Crippen molar-refractivity contribution in [2.75, 3.05) is 38.1 Å². The molecule has 0 saturated carbocycles. The Labute approximate surface area is 126 Å². The Bertz CT molecular complexity index is 475. The quantitative estimate of drug-likeness (QED) is 0.837. The van der Waals surface area contributed by atoms with Gasteiger partial charge in [-0.3, -0.25) is 9.69 Å². The lowest BCUT2D eigenvalue weighted by atomic mass is 9.90. The average molecular weight is 291 g/mol. The molecule has 1 unspecified atom stereocenters. The fraction of sp³-hybridized carbons (Fsp3) is 0.562. The monoisotopic (exact) mass is 291 g/mol. The van der Waals surface area contributed by atoms with Gasteiger partial charge >= 0.3 is 0 Å². The van der Waals surface area contributed by atoms with Gasteiger partial charge in [0.05, 0.1) is 13.2 Å². The minimum absolute atomic E-state index is 0.0143. The molecule has 1 saturated heterocycles. The molecule has 1 aliphatic rings. The van der Waals surface area contributed by atoms with Crippen molar-refractivity contribution in [3.63, 3.8) is 0 Å². The summed E-state index contributed by atoms with van der Waals surface area (Å²) >= 11 is 0. The molecule has 1 aromatic carbocycles. The summed E-state index contributed by atoms with van der Waals surface area (Å²) in [6.45, 7) is 7.68. The molecule has 0 radical (unpaired) electrons. The van der Waals surface area contributed by atoms with E-state index in [-0.39, 0.29) is 11.3 Å². The third-order valence-electron chi connectivity index (χ3n) is 3.95. The van der Waals surface area contributed by atoms with Crippen LogP contribution in [-0.2, 0) is 4.79 Å².